The monoisotopic (exact) mass is 353 g/mol. The van der Waals surface area contributed by atoms with Gasteiger partial charge in [-0.25, -0.2) is 4.79 Å². The topological polar surface area (TPSA) is 55.8 Å². The summed E-state index contributed by atoms with van der Waals surface area (Å²) < 4.78 is 5.31. The molecule has 0 bridgehead atoms. The van der Waals surface area contributed by atoms with E-state index in [1.807, 2.05) is 30.3 Å². The lowest BCUT2D eigenvalue weighted by Crippen LogP contribution is -2.64. The Morgan fingerprint density at radius 3 is 2.27 bits per heavy atom. The van der Waals surface area contributed by atoms with E-state index in [0.717, 1.165) is 18.4 Å². The lowest BCUT2D eigenvalue weighted by Gasteiger charge is -2.49. The molecule has 0 radical (unpaired) electrons. The minimum Gasteiger partial charge on any atom is -0.457 e. The summed E-state index contributed by atoms with van der Waals surface area (Å²) in [5, 5.41) is 1.47. The lowest BCUT2D eigenvalue weighted by atomic mass is 9.81. The number of rotatable bonds is 7. The van der Waals surface area contributed by atoms with Gasteiger partial charge in [0.1, 0.15) is 6.61 Å². The zero-order valence-electron chi connectivity index (χ0n) is 15.1. The van der Waals surface area contributed by atoms with Crippen LogP contribution < -0.4 is 4.84 Å². The summed E-state index contributed by atoms with van der Waals surface area (Å²) in [6.07, 6.45) is 2.21. The Morgan fingerprint density at radius 1 is 1.04 bits per heavy atom. The fourth-order valence-electron chi connectivity index (χ4n) is 3.10. The zero-order valence-corrected chi connectivity index (χ0v) is 15.1. The van der Waals surface area contributed by atoms with Crippen LogP contribution in [0.15, 0.2) is 54.6 Å². The molecule has 0 N–H and O–H groups in total. The molecule has 0 aromatic heterocycles. The summed E-state index contributed by atoms with van der Waals surface area (Å²) in [4.78, 5) is 29.8. The Bertz CT molecular complexity index is 766. The van der Waals surface area contributed by atoms with Crippen LogP contribution in [-0.2, 0) is 16.1 Å². The van der Waals surface area contributed by atoms with Gasteiger partial charge < -0.3 is 9.57 Å². The normalized spacial score (nSPS) is 15.3. The Morgan fingerprint density at radius 2 is 1.69 bits per heavy atom. The maximum absolute atomic E-state index is 12.1. The number of β-lactam (4-membered cyclic amide) rings is 1. The van der Waals surface area contributed by atoms with E-state index in [1.165, 1.54) is 5.06 Å². The zero-order chi connectivity index (χ0) is 18.6. The van der Waals surface area contributed by atoms with Gasteiger partial charge in [-0.3, -0.25) is 4.79 Å². The van der Waals surface area contributed by atoms with Crippen LogP contribution in [0.4, 0.5) is 0 Å². The number of hydrogen-bond acceptors (Lipinski definition) is 4. The minimum absolute atomic E-state index is 0.0138. The average molecular weight is 353 g/mol. The quantitative estimate of drug-likeness (QED) is 0.555. The number of esters is 1. The maximum atomic E-state index is 12.1. The van der Waals surface area contributed by atoms with Gasteiger partial charge in [0, 0.05) is 0 Å². The molecule has 1 saturated heterocycles. The van der Waals surface area contributed by atoms with Crippen LogP contribution >= 0.6 is 0 Å². The van der Waals surface area contributed by atoms with Crippen molar-refractivity contribution in [2.75, 3.05) is 0 Å². The Kier molecular flexibility index (Phi) is 5.26. The number of ether oxygens (including phenoxy) is 1. The van der Waals surface area contributed by atoms with Crippen LogP contribution in [0.1, 0.15) is 49.0 Å². The van der Waals surface area contributed by atoms with Crippen LogP contribution in [0.5, 0.6) is 5.75 Å². The third kappa shape index (κ3) is 3.57. The smallest absolute Gasteiger partial charge is 0.338 e. The molecule has 1 amide bonds. The fraction of sp³-hybridized carbons (Fsp3) is 0.333. The summed E-state index contributed by atoms with van der Waals surface area (Å²) >= 11 is 0. The maximum Gasteiger partial charge on any atom is 0.338 e. The van der Waals surface area contributed by atoms with Crippen molar-refractivity contribution in [2.24, 2.45) is 0 Å². The first-order valence-corrected chi connectivity index (χ1v) is 8.90. The molecule has 1 heterocycles. The standard InChI is InChI=1S/C21H23NO4/c1-3-21(4-2)14-19(23)22(21)26-18-12-10-17(11-13-18)20(24)25-15-16-8-6-5-7-9-16/h5-13H,3-4,14-15H2,1-2H3. The largest absolute Gasteiger partial charge is 0.457 e. The molecule has 5 nitrogen and oxygen atoms in total. The van der Waals surface area contributed by atoms with E-state index in [-0.39, 0.29) is 18.1 Å². The second-order valence-electron chi connectivity index (χ2n) is 6.47. The van der Waals surface area contributed by atoms with E-state index in [4.69, 9.17) is 9.57 Å². The van der Waals surface area contributed by atoms with E-state index < -0.39 is 5.97 Å². The SMILES string of the molecule is CCC1(CC)CC(=O)N1Oc1ccc(C(=O)OCc2ccccc2)cc1. The van der Waals surface area contributed by atoms with Crippen molar-refractivity contribution >= 4 is 11.9 Å². The molecule has 0 aliphatic carbocycles. The molecule has 0 atom stereocenters. The first kappa shape index (κ1) is 18.0. The summed E-state index contributed by atoms with van der Waals surface area (Å²) in [6, 6.07) is 16.2. The van der Waals surface area contributed by atoms with E-state index in [1.54, 1.807) is 24.3 Å². The highest BCUT2D eigenvalue weighted by molar-refractivity contribution is 5.89. The van der Waals surface area contributed by atoms with Crippen molar-refractivity contribution in [3.05, 3.63) is 65.7 Å². The van der Waals surface area contributed by atoms with E-state index in [2.05, 4.69) is 13.8 Å². The summed E-state index contributed by atoms with van der Waals surface area (Å²) in [5.74, 6) is 0.126. The first-order chi connectivity index (χ1) is 12.6. The predicted octanol–water partition coefficient (Wildman–Crippen LogP) is 4.13. The number of hydroxylamine groups is 2. The first-order valence-electron chi connectivity index (χ1n) is 8.90. The van der Waals surface area contributed by atoms with Crippen molar-refractivity contribution in [1.82, 2.24) is 5.06 Å². The number of carbonyl (C=O) groups is 2. The molecule has 1 fully saturated rings. The Balaban J connectivity index is 1.59. The molecule has 2 aromatic carbocycles. The highest BCUT2D eigenvalue weighted by Crippen LogP contribution is 2.38. The average Bonchev–Trinajstić information content (AvgIpc) is 2.69. The van der Waals surface area contributed by atoms with E-state index in [9.17, 15) is 9.59 Å². The van der Waals surface area contributed by atoms with Crippen molar-refractivity contribution in [2.45, 2.75) is 45.3 Å². The minimum atomic E-state index is -0.392. The lowest BCUT2D eigenvalue weighted by molar-refractivity contribution is -0.217. The highest BCUT2D eigenvalue weighted by atomic mass is 16.7. The predicted molar refractivity (Wildman–Crippen MR) is 97.4 cm³/mol. The van der Waals surface area contributed by atoms with Crippen LogP contribution in [-0.4, -0.2) is 22.5 Å². The fourth-order valence-corrected chi connectivity index (χ4v) is 3.10. The molecule has 2 aromatic rings. The van der Waals surface area contributed by atoms with Crippen LogP contribution in [0.3, 0.4) is 0 Å². The third-order valence-corrected chi connectivity index (χ3v) is 4.95. The molecular weight excluding hydrogens is 330 g/mol. The molecule has 136 valence electrons. The summed E-state index contributed by atoms with van der Waals surface area (Å²) in [5.41, 5.74) is 1.16. The molecule has 0 spiro atoms. The molecule has 1 aliphatic rings. The Hall–Kier alpha value is -2.82. The van der Waals surface area contributed by atoms with E-state index >= 15 is 0 Å². The second kappa shape index (κ2) is 7.60. The van der Waals surface area contributed by atoms with Gasteiger partial charge in [0.2, 0.25) is 0 Å². The Labute approximate surface area is 153 Å². The van der Waals surface area contributed by atoms with Gasteiger partial charge in [-0.15, -0.1) is 0 Å². The van der Waals surface area contributed by atoms with Gasteiger partial charge in [0.15, 0.2) is 5.75 Å². The van der Waals surface area contributed by atoms with Crippen LogP contribution in [0.25, 0.3) is 0 Å². The number of hydrogen-bond donors (Lipinski definition) is 0. The van der Waals surface area contributed by atoms with E-state index in [0.29, 0.717) is 17.7 Å². The summed E-state index contributed by atoms with van der Waals surface area (Å²) in [7, 11) is 0. The summed E-state index contributed by atoms with van der Waals surface area (Å²) in [6.45, 7) is 4.34. The molecule has 3 rings (SSSR count). The second-order valence-corrected chi connectivity index (χ2v) is 6.47. The number of amides is 1. The van der Waals surface area contributed by atoms with Crippen LogP contribution in [0.2, 0.25) is 0 Å². The number of nitrogens with zero attached hydrogens (tertiary/aromatic N) is 1. The molecule has 5 heteroatoms. The van der Waals surface area contributed by atoms with Crippen molar-refractivity contribution in [3.63, 3.8) is 0 Å². The van der Waals surface area contributed by atoms with Crippen molar-refractivity contribution < 1.29 is 19.2 Å². The molecular formula is C21H23NO4. The van der Waals surface area contributed by atoms with Crippen LogP contribution in [0, 0.1) is 0 Å². The van der Waals surface area contributed by atoms with Gasteiger partial charge in [-0.1, -0.05) is 44.2 Å². The third-order valence-electron chi connectivity index (χ3n) is 4.95. The van der Waals surface area contributed by atoms with Gasteiger partial charge in [0.05, 0.1) is 17.5 Å². The molecule has 1 aliphatic heterocycles. The molecule has 0 saturated carbocycles. The van der Waals surface area contributed by atoms with Gasteiger partial charge in [0.25, 0.3) is 5.91 Å². The number of benzene rings is 2. The van der Waals surface area contributed by atoms with Gasteiger partial charge in [-0.2, -0.15) is 5.06 Å². The van der Waals surface area contributed by atoms with Crippen molar-refractivity contribution in [3.8, 4) is 5.75 Å². The highest BCUT2D eigenvalue weighted by Gasteiger charge is 2.50. The van der Waals surface area contributed by atoms with Gasteiger partial charge >= 0.3 is 5.97 Å². The molecule has 0 unspecified atom stereocenters. The van der Waals surface area contributed by atoms with Crippen molar-refractivity contribution in [1.29, 1.82) is 0 Å². The number of carbonyl (C=O) groups excluding carboxylic acids is 2. The molecule has 26 heavy (non-hydrogen) atoms. The van der Waals surface area contributed by atoms with Gasteiger partial charge in [-0.05, 0) is 42.7 Å².